The monoisotopic (exact) mass is 319 g/mol. The molecule has 0 aliphatic heterocycles. The van der Waals surface area contributed by atoms with Gasteiger partial charge in [-0.2, -0.15) is 0 Å². The normalized spacial score (nSPS) is 11.6. The lowest BCUT2D eigenvalue weighted by molar-refractivity contribution is -0.687. The van der Waals surface area contributed by atoms with Gasteiger partial charge in [0, 0.05) is 31.9 Å². The van der Waals surface area contributed by atoms with Crippen LogP contribution in [0.5, 0.6) is 0 Å². The molecular weight excluding hydrogens is 308 g/mol. The van der Waals surface area contributed by atoms with Gasteiger partial charge in [-0.25, -0.2) is 4.57 Å². The van der Waals surface area contributed by atoms with Gasteiger partial charge < -0.3 is 4.90 Å². The lowest BCUT2D eigenvalue weighted by Gasteiger charge is -2.10. The highest BCUT2D eigenvalue weighted by molar-refractivity contribution is 9.14. The van der Waals surface area contributed by atoms with E-state index in [-0.39, 0.29) is 0 Å². The molecule has 0 spiro atoms. The van der Waals surface area contributed by atoms with Crippen molar-refractivity contribution in [2.45, 2.75) is 6.54 Å². The number of rotatable bonds is 3. The molecule has 0 aliphatic carbocycles. The van der Waals surface area contributed by atoms with Gasteiger partial charge in [-0.3, -0.25) is 0 Å². The van der Waals surface area contributed by atoms with Crippen LogP contribution in [0.15, 0.2) is 34.0 Å². The minimum absolute atomic E-state index is 0.846. The SMILES string of the molecule is CN(C)c1cc[n+](C/C(Br)=C\Br)cc1. The third kappa shape index (κ3) is 3.42. The van der Waals surface area contributed by atoms with Gasteiger partial charge in [0.1, 0.15) is 0 Å². The van der Waals surface area contributed by atoms with Gasteiger partial charge in [0.15, 0.2) is 18.9 Å². The van der Waals surface area contributed by atoms with Crippen molar-refractivity contribution >= 4 is 37.5 Å². The molecular formula is C10H13Br2N2+. The summed E-state index contributed by atoms with van der Waals surface area (Å²) >= 11 is 6.72. The Labute approximate surface area is 101 Å². The van der Waals surface area contributed by atoms with Crippen LogP contribution in [0.1, 0.15) is 0 Å². The first-order valence-corrected chi connectivity index (χ1v) is 5.95. The highest BCUT2D eigenvalue weighted by Crippen LogP contribution is 2.09. The Hall–Kier alpha value is -0.350. The van der Waals surface area contributed by atoms with Crippen molar-refractivity contribution < 1.29 is 4.57 Å². The lowest BCUT2D eigenvalue weighted by Crippen LogP contribution is -2.32. The van der Waals surface area contributed by atoms with E-state index < -0.39 is 0 Å². The van der Waals surface area contributed by atoms with E-state index >= 15 is 0 Å². The van der Waals surface area contributed by atoms with Crippen molar-refractivity contribution in [3.8, 4) is 0 Å². The zero-order valence-corrected chi connectivity index (χ0v) is 11.4. The molecule has 0 aromatic carbocycles. The van der Waals surface area contributed by atoms with Gasteiger partial charge in [-0.15, -0.1) is 0 Å². The maximum absolute atomic E-state index is 3.44. The first-order valence-electron chi connectivity index (χ1n) is 4.24. The Morgan fingerprint density at radius 2 is 2.00 bits per heavy atom. The van der Waals surface area contributed by atoms with Gasteiger partial charge in [0.2, 0.25) is 0 Å². The van der Waals surface area contributed by atoms with Crippen LogP contribution in [0.3, 0.4) is 0 Å². The number of aromatic nitrogens is 1. The molecule has 1 rings (SSSR count). The topological polar surface area (TPSA) is 7.12 Å². The molecule has 4 heteroatoms. The molecule has 2 nitrogen and oxygen atoms in total. The minimum atomic E-state index is 0.846. The fraction of sp³-hybridized carbons (Fsp3) is 0.300. The Morgan fingerprint density at radius 3 is 2.43 bits per heavy atom. The Kier molecular flexibility index (Phi) is 4.62. The van der Waals surface area contributed by atoms with E-state index in [0.29, 0.717) is 0 Å². The first-order chi connectivity index (χ1) is 6.63. The van der Waals surface area contributed by atoms with Crippen LogP contribution in [-0.2, 0) is 6.54 Å². The number of hydrogen-bond acceptors (Lipinski definition) is 1. The summed E-state index contributed by atoms with van der Waals surface area (Å²) in [5.74, 6) is 0. The van der Waals surface area contributed by atoms with Crippen molar-refractivity contribution in [2.24, 2.45) is 0 Å². The van der Waals surface area contributed by atoms with E-state index in [1.165, 1.54) is 5.69 Å². The third-order valence-electron chi connectivity index (χ3n) is 1.84. The second kappa shape index (κ2) is 5.51. The summed E-state index contributed by atoms with van der Waals surface area (Å²) in [7, 11) is 4.07. The van der Waals surface area contributed by atoms with Gasteiger partial charge in [0.05, 0.1) is 4.48 Å². The van der Waals surface area contributed by atoms with Gasteiger partial charge in [0.25, 0.3) is 0 Å². The average molecular weight is 321 g/mol. The maximum atomic E-state index is 3.44. The summed E-state index contributed by atoms with van der Waals surface area (Å²) in [6, 6.07) is 4.18. The van der Waals surface area contributed by atoms with Crippen molar-refractivity contribution in [1.82, 2.24) is 0 Å². The molecule has 0 aliphatic rings. The summed E-state index contributed by atoms with van der Waals surface area (Å²) in [6.45, 7) is 0.846. The Bertz CT molecular complexity index is 317. The van der Waals surface area contributed by atoms with E-state index in [4.69, 9.17) is 0 Å². The molecule has 0 radical (unpaired) electrons. The van der Waals surface area contributed by atoms with Crippen LogP contribution in [0, 0.1) is 0 Å². The van der Waals surface area contributed by atoms with Crippen LogP contribution in [-0.4, -0.2) is 14.1 Å². The number of pyridine rings is 1. The molecule has 0 saturated heterocycles. The molecule has 0 fully saturated rings. The van der Waals surface area contributed by atoms with Crippen LogP contribution in [0.25, 0.3) is 0 Å². The van der Waals surface area contributed by atoms with Gasteiger partial charge in [-0.05, 0) is 20.9 Å². The van der Waals surface area contributed by atoms with E-state index in [1.54, 1.807) is 0 Å². The fourth-order valence-electron chi connectivity index (χ4n) is 1.06. The first kappa shape index (κ1) is 11.7. The van der Waals surface area contributed by atoms with Crippen molar-refractivity contribution in [3.63, 3.8) is 0 Å². The smallest absolute Gasteiger partial charge is 0.180 e. The van der Waals surface area contributed by atoms with Crippen molar-refractivity contribution in [3.05, 3.63) is 34.0 Å². The van der Waals surface area contributed by atoms with Crippen LogP contribution < -0.4 is 9.47 Å². The predicted molar refractivity (Wildman–Crippen MR) is 66.9 cm³/mol. The second-order valence-corrected chi connectivity index (χ2v) is 4.66. The molecule has 1 aromatic heterocycles. The number of halogens is 2. The summed E-state index contributed by atoms with van der Waals surface area (Å²) in [6.07, 6.45) is 4.13. The Morgan fingerprint density at radius 1 is 1.43 bits per heavy atom. The largest absolute Gasteiger partial charge is 0.377 e. The third-order valence-corrected chi connectivity index (χ3v) is 3.49. The molecule has 0 atom stereocenters. The van der Waals surface area contributed by atoms with Crippen molar-refractivity contribution in [2.75, 3.05) is 19.0 Å². The molecule has 1 aromatic rings. The van der Waals surface area contributed by atoms with Crippen LogP contribution in [0.2, 0.25) is 0 Å². The molecule has 0 amide bonds. The molecule has 0 unspecified atom stereocenters. The summed E-state index contributed by atoms with van der Waals surface area (Å²) in [4.78, 5) is 3.96. The van der Waals surface area contributed by atoms with Crippen LogP contribution in [0.4, 0.5) is 5.69 Å². The van der Waals surface area contributed by atoms with Gasteiger partial charge >= 0.3 is 0 Å². The second-order valence-electron chi connectivity index (χ2n) is 3.18. The molecule has 0 bridgehead atoms. The van der Waals surface area contributed by atoms with Crippen molar-refractivity contribution in [1.29, 1.82) is 0 Å². The predicted octanol–water partition coefficient (Wildman–Crippen LogP) is 2.67. The standard InChI is InChI=1S/C10H13Br2N2/c1-13(2)10-3-5-14(6-4-10)8-9(12)7-11/h3-7H,8H2,1-2H3/q+1/b9-7+. The molecule has 1 heterocycles. The Balaban J connectivity index is 2.74. The molecule has 76 valence electrons. The average Bonchev–Trinajstić information content (AvgIpc) is 2.18. The number of anilines is 1. The molecule has 14 heavy (non-hydrogen) atoms. The highest BCUT2D eigenvalue weighted by Gasteiger charge is 2.03. The van der Waals surface area contributed by atoms with E-state index in [0.717, 1.165) is 11.0 Å². The van der Waals surface area contributed by atoms with E-state index in [1.807, 2.05) is 19.1 Å². The molecule has 0 saturated carbocycles. The maximum Gasteiger partial charge on any atom is 0.180 e. The fourth-order valence-corrected chi connectivity index (χ4v) is 1.50. The molecule has 0 N–H and O–H groups in total. The number of nitrogens with zero attached hydrogens (tertiary/aromatic N) is 2. The number of hydrogen-bond donors (Lipinski definition) is 0. The summed E-state index contributed by atoms with van der Waals surface area (Å²) in [5.41, 5.74) is 1.21. The quantitative estimate of drug-likeness (QED) is 0.777. The van der Waals surface area contributed by atoms with E-state index in [9.17, 15) is 0 Å². The zero-order valence-electron chi connectivity index (χ0n) is 8.24. The van der Waals surface area contributed by atoms with Crippen LogP contribution >= 0.6 is 31.9 Å². The van der Waals surface area contributed by atoms with Gasteiger partial charge in [-0.1, -0.05) is 15.9 Å². The summed E-state index contributed by atoms with van der Waals surface area (Å²) < 4.78 is 3.22. The highest BCUT2D eigenvalue weighted by atomic mass is 79.9. The summed E-state index contributed by atoms with van der Waals surface area (Å²) in [5, 5.41) is 0. The number of allylic oxidation sites excluding steroid dienone is 1. The minimum Gasteiger partial charge on any atom is -0.377 e. The lowest BCUT2D eigenvalue weighted by atomic mass is 10.4. The van der Waals surface area contributed by atoms with E-state index in [2.05, 4.69) is 65.9 Å². The zero-order chi connectivity index (χ0) is 10.6.